The number of hydrogen-bond acceptors (Lipinski definition) is 3. The first kappa shape index (κ1) is 8.30. The summed E-state index contributed by atoms with van der Waals surface area (Å²) in [7, 11) is 0. The third-order valence-corrected chi connectivity index (χ3v) is 1.41. The minimum absolute atomic E-state index is 0.586. The van der Waals surface area contributed by atoms with Gasteiger partial charge in [0.2, 0.25) is 0 Å². The second kappa shape index (κ2) is 4.93. The Hall–Kier alpha value is -0.800. The zero-order valence-corrected chi connectivity index (χ0v) is 6.55. The highest BCUT2D eigenvalue weighted by Crippen LogP contribution is 1.99. The van der Waals surface area contributed by atoms with Crippen molar-refractivity contribution < 1.29 is 4.74 Å². The number of rotatable bonds is 4. The minimum Gasteiger partial charge on any atom is -0.374 e. The zero-order chi connectivity index (χ0) is 7.94. The van der Waals surface area contributed by atoms with Crippen molar-refractivity contribution in [2.75, 3.05) is 19.8 Å². The Morgan fingerprint density at radius 1 is 1.64 bits per heavy atom. The Balaban J connectivity index is 2.11. The van der Waals surface area contributed by atoms with Crippen molar-refractivity contribution in [2.24, 2.45) is 5.73 Å². The average molecular weight is 154 g/mol. The lowest BCUT2D eigenvalue weighted by molar-refractivity contribution is 0.161. The van der Waals surface area contributed by atoms with E-state index in [1.54, 1.807) is 0 Å². The summed E-state index contributed by atoms with van der Waals surface area (Å²) in [5.41, 5.74) is 6.39. The first-order chi connectivity index (χ1) is 5.43. The van der Waals surface area contributed by atoms with Crippen LogP contribution in [0.15, 0.2) is 24.0 Å². The number of ether oxygens (including phenoxy) is 1. The largest absolute Gasteiger partial charge is 0.374 e. The Kier molecular flexibility index (Phi) is 3.72. The van der Waals surface area contributed by atoms with Gasteiger partial charge in [-0.3, -0.25) is 0 Å². The first-order valence-corrected chi connectivity index (χ1v) is 3.82. The van der Waals surface area contributed by atoms with Crippen molar-refractivity contribution in [1.82, 2.24) is 5.32 Å². The molecule has 0 aromatic rings. The number of hydrogen-bond donors (Lipinski definition) is 2. The summed E-state index contributed by atoms with van der Waals surface area (Å²) in [6, 6.07) is 0. The molecule has 1 heterocycles. The summed E-state index contributed by atoms with van der Waals surface area (Å²) in [6.07, 6.45) is 7.10. The standard InChI is InChI=1S/C8H14N2O/c9-4-6-11-7-8-3-1-2-5-10-8/h2-3,5,10H,1,4,6-7,9H2. The Bertz CT molecular complexity index is 163. The van der Waals surface area contributed by atoms with Gasteiger partial charge in [-0.25, -0.2) is 0 Å². The summed E-state index contributed by atoms with van der Waals surface area (Å²) >= 11 is 0. The van der Waals surface area contributed by atoms with Gasteiger partial charge >= 0.3 is 0 Å². The lowest BCUT2D eigenvalue weighted by Crippen LogP contribution is -2.16. The Morgan fingerprint density at radius 3 is 3.18 bits per heavy atom. The molecule has 1 aliphatic rings. The van der Waals surface area contributed by atoms with E-state index in [1.807, 2.05) is 6.20 Å². The maximum atomic E-state index is 5.27. The fraction of sp³-hybridized carbons (Fsp3) is 0.500. The summed E-state index contributed by atoms with van der Waals surface area (Å²) in [5.74, 6) is 0. The molecule has 0 saturated heterocycles. The van der Waals surface area contributed by atoms with E-state index in [-0.39, 0.29) is 0 Å². The summed E-state index contributed by atoms with van der Waals surface area (Å²) in [5, 5.41) is 3.09. The SMILES string of the molecule is NCCOCC1=CCC=CN1. The molecule has 11 heavy (non-hydrogen) atoms. The molecule has 62 valence electrons. The number of nitrogens with two attached hydrogens (primary N) is 1. The lowest BCUT2D eigenvalue weighted by atomic mass is 10.3. The van der Waals surface area contributed by atoms with Gasteiger partial charge in [0, 0.05) is 12.2 Å². The molecule has 0 unspecified atom stereocenters. The normalized spacial score (nSPS) is 15.9. The van der Waals surface area contributed by atoms with E-state index < -0.39 is 0 Å². The molecule has 0 bridgehead atoms. The van der Waals surface area contributed by atoms with E-state index >= 15 is 0 Å². The van der Waals surface area contributed by atoms with Crippen LogP contribution in [0.2, 0.25) is 0 Å². The van der Waals surface area contributed by atoms with E-state index in [0.717, 1.165) is 12.1 Å². The van der Waals surface area contributed by atoms with Crippen LogP contribution < -0.4 is 11.1 Å². The van der Waals surface area contributed by atoms with Gasteiger partial charge in [0.1, 0.15) is 0 Å². The van der Waals surface area contributed by atoms with E-state index in [2.05, 4.69) is 17.5 Å². The van der Waals surface area contributed by atoms with Crippen molar-refractivity contribution in [1.29, 1.82) is 0 Å². The van der Waals surface area contributed by atoms with Crippen molar-refractivity contribution in [3.63, 3.8) is 0 Å². The average Bonchev–Trinajstić information content (AvgIpc) is 2.07. The molecule has 3 N–H and O–H groups in total. The molecular formula is C8H14N2O. The molecule has 0 aliphatic carbocycles. The fourth-order valence-electron chi connectivity index (χ4n) is 0.869. The quantitative estimate of drug-likeness (QED) is 0.574. The molecule has 3 nitrogen and oxygen atoms in total. The lowest BCUT2D eigenvalue weighted by Gasteiger charge is -2.10. The van der Waals surface area contributed by atoms with Crippen LogP contribution in [-0.4, -0.2) is 19.8 Å². The second-order valence-corrected chi connectivity index (χ2v) is 2.35. The van der Waals surface area contributed by atoms with Gasteiger partial charge in [-0.05, 0) is 12.6 Å². The van der Waals surface area contributed by atoms with Gasteiger partial charge in [0.25, 0.3) is 0 Å². The summed E-state index contributed by atoms with van der Waals surface area (Å²) in [6.45, 7) is 1.85. The highest BCUT2D eigenvalue weighted by atomic mass is 16.5. The maximum Gasteiger partial charge on any atom is 0.0863 e. The fourth-order valence-corrected chi connectivity index (χ4v) is 0.869. The van der Waals surface area contributed by atoms with Gasteiger partial charge < -0.3 is 15.8 Å². The number of nitrogens with one attached hydrogen (secondary N) is 1. The van der Waals surface area contributed by atoms with E-state index in [1.165, 1.54) is 0 Å². The van der Waals surface area contributed by atoms with E-state index in [4.69, 9.17) is 10.5 Å². The van der Waals surface area contributed by atoms with Crippen molar-refractivity contribution in [3.05, 3.63) is 24.0 Å². The van der Waals surface area contributed by atoms with Crippen molar-refractivity contribution in [2.45, 2.75) is 6.42 Å². The third kappa shape index (κ3) is 3.20. The highest BCUT2D eigenvalue weighted by molar-refractivity contribution is 5.11. The monoisotopic (exact) mass is 154 g/mol. The number of allylic oxidation sites excluding steroid dienone is 2. The van der Waals surface area contributed by atoms with Crippen molar-refractivity contribution in [3.8, 4) is 0 Å². The van der Waals surface area contributed by atoms with Crippen LogP contribution in [0.25, 0.3) is 0 Å². The van der Waals surface area contributed by atoms with Gasteiger partial charge in [0.15, 0.2) is 0 Å². The first-order valence-electron chi connectivity index (χ1n) is 3.82. The van der Waals surface area contributed by atoms with Crippen LogP contribution >= 0.6 is 0 Å². The number of dihydropyridines is 1. The van der Waals surface area contributed by atoms with Crippen LogP contribution in [0, 0.1) is 0 Å². The molecule has 0 amide bonds. The molecule has 0 fully saturated rings. The predicted octanol–water partition coefficient (Wildman–Crippen LogP) is 0.353. The van der Waals surface area contributed by atoms with Gasteiger partial charge in [-0.15, -0.1) is 0 Å². The van der Waals surface area contributed by atoms with E-state index in [9.17, 15) is 0 Å². The molecule has 0 aromatic heterocycles. The van der Waals surface area contributed by atoms with Crippen LogP contribution in [0.1, 0.15) is 6.42 Å². The molecule has 0 radical (unpaired) electrons. The topological polar surface area (TPSA) is 47.3 Å². The smallest absolute Gasteiger partial charge is 0.0863 e. The molecule has 1 aliphatic heterocycles. The van der Waals surface area contributed by atoms with Gasteiger partial charge in [-0.2, -0.15) is 0 Å². The van der Waals surface area contributed by atoms with Gasteiger partial charge in [-0.1, -0.05) is 12.2 Å². The molecule has 0 aromatic carbocycles. The minimum atomic E-state index is 0.586. The van der Waals surface area contributed by atoms with Crippen LogP contribution in [-0.2, 0) is 4.74 Å². The van der Waals surface area contributed by atoms with Gasteiger partial charge in [0.05, 0.1) is 13.2 Å². The van der Waals surface area contributed by atoms with Crippen LogP contribution in [0.3, 0.4) is 0 Å². The molecule has 0 atom stereocenters. The Morgan fingerprint density at radius 2 is 2.55 bits per heavy atom. The summed E-state index contributed by atoms with van der Waals surface area (Å²) in [4.78, 5) is 0. The molecule has 0 spiro atoms. The second-order valence-electron chi connectivity index (χ2n) is 2.35. The maximum absolute atomic E-state index is 5.27. The van der Waals surface area contributed by atoms with Crippen LogP contribution in [0.5, 0.6) is 0 Å². The zero-order valence-electron chi connectivity index (χ0n) is 6.55. The molecule has 1 rings (SSSR count). The molecule has 0 saturated carbocycles. The highest BCUT2D eigenvalue weighted by Gasteiger charge is 1.96. The third-order valence-electron chi connectivity index (χ3n) is 1.41. The molecule has 3 heteroatoms. The Labute approximate surface area is 66.9 Å². The van der Waals surface area contributed by atoms with Crippen molar-refractivity contribution >= 4 is 0 Å². The van der Waals surface area contributed by atoms with E-state index in [0.29, 0.717) is 19.8 Å². The molecular weight excluding hydrogens is 140 g/mol. The predicted molar refractivity (Wildman–Crippen MR) is 44.8 cm³/mol. The summed E-state index contributed by atoms with van der Waals surface area (Å²) < 4.78 is 5.23. The van der Waals surface area contributed by atoms with Crippen LogP contribution in [0.4, 0.5) is 0 Å².